The van der Waals surface area contributed by atoms with Crippen molar-refractivity contribution >= 4 is 0 Å². The van der Waals surface area contributed by atoms with Gasteiger partial charge in [-0.1, -0.05) is 121 Å². The summed E-state index contributed by atoms with van der Waals surface area (Å²) in [5, 5.41) is 0. The van der Waals surface area contributed by atoms with E-state index in [1.54, 1.807) is 60.7 Å². The Labute approximate surface area is 229 Å². The van der Waals surface area contributed by atoms with E-state index in [0.29, 0.717) is 34.8 Å². The fourth-order valence-electron chi connectivity index (χ4n) is 5.27. The van der Waals surface area contributed by atoms with Gasteiger partial charge >= 0.3 is 0 Å². The highest BCUT2D eigenvalue weighted by Crippen LogP contribution is 2.64. The molecule has 6 rings (SSSR count). The third-order valence-electron chi connectivity index (χ3n) is 6.96. The van der Waals surface area contributed by atoms with Gasteiger partial charge in [-0.3, -0.25) is 0 Å². The Kier molecular flexibility index (Phi) is 6.97. The van der Waals surface area contributed by atoms with Crippen molar-refractivity contribution in [2.24, 2.45) is 0 Å². The van der Waals surface area contributed by atoms with E-state index in [0.717, 1.165) is 11.1 Å². The summed E-state index contributed by atoms with van der Waals surface area (Å²) in [4.78, 5) is 0. The lowest BCUT2D eigenvalue weighted by Crippen LogP contribution is -2.21. The highest BCUT2D eigenvalue weighted by Gasteiger charge is 2.57. The SMILES string of the molecule is Fc1c(F)c(F)c([C]2[C](c3ccccc3)[C](c3ccccc3)[C](c3ccccc3)[C]2c2ccccc2)c(F)c1F. The Morgan fingerprint density at radius 2 is 0.475 bits per heavy atom. The summed E-state index contributed by atoms with van der Waals surface area (Å²) < 4.78 is 75.2. The first-order valence-electron chi connectivity index (χ1n) is 12.6. The van der Waals surface area contributed by atoms with Crippen molar-refractivity contribution < 1.29 is 22.0 Å². The van der Waals surface area contributed by atoms with Crippen molar-refractivity contribution in [2.45, 2.75) is 0 Å². The van der Waals surface area contributed by atoms with Crippen LogP contribution in [0.25, 0.3) is 0 Å². The fraction of sp³-hybridized carbons (Fsp3) is 0. The Balaban J connectivity index is 1.74. The van der Waals surface area contributed by atoms with E-state index in [1.165, 1.54) is 0 Å². The minimum absolute atomic E-state index is 0.0668. The maximum Gasteiger partial charge on any atom is 0.200 e. The molecule has 5 radical (unpaired) electrons. The van der Waals surface area contributed by atoms with Gasteiger partial charge in [-0.25, -0.2) is 22.0 Å². The smallest absolute Gasteiger partial charge is 0.200 e. The first kappa shape index (κ1) is 26.0. The van der Waals surface area contributed by atoms with Crippen LogP contribution in [0.5, 0.6) is 0 Å². The topological polar surface area (TPSA) is 0 Å². The Hall–Kier alpha value is -4.25. The van der Waals surface area contributed by atoms with Gasteiger partial charge in [0.15, 0.2) is 23.3 Å². The summed E-state index contributed by atoms with van der Waals surface area (Å²) in [6.45, 7) is 0. The van der Waals surface area contributed by atoms with Crippen LogP contribution in [0.4, 0.5) is 22.0 Å². The van der Waals surface area contributed by atoms with Crippen LogP contribution in [0.2, 0.25) is 0 Å². The van der Waals surface area contributed by atoms with Gasteiger partial charge in [-0.2, -0.15) is 0 Å². The summed E-state index contributed by atoms with van der Waals surface area (Å²) >= 11 is 0. The summed E-state index contributed by atoms with van der Waals surface area (Å²) in [5.41, 5.74) is 1.63. The van der Waals surface area contributed by atoms with Gasteiger partial charge in [0.1, 0.15) is 0 Å². The van der Waals surface area contributed by atoms with E-state index < -0.39 is 34.6 Å². The highest BCUT2D eigenvalue weighted by molar-refractivity contribution is 5.85. The molecule has 5 aromatic rings. The van der Waals surface area contributed by atoms with Gasteiger partial charge in [-0.05, 0) is 22.3 Å². The highest BCUT2D eigenvalue weighted by atomic mass is 19.2. The largest absolute Gasteiger partial charge is 0.203 e. The standard InChI is InChI=1S/C35H20F5/c36-31-30(32(37)34(39)35(40)33(31)38)29-27(23-17-9-3-10-18-23)25(21-13-5-1-6-14-21)26(22-15-7-2-8-16-22)28(29)24-19-11-4-12-20-24/h1-20H. The van der Waals surface area contributed by atoms with Crippen molar-refractivity contribution in [1.29, 1.82) is 0 Å². The van der Waals surface area contributed by atoms with Crippen LogP contribution in [0.1, 0.15) is 27.8 Å². The van der Waals surface area contributed by atoms with Gasteiger partial charge < -0.3 is 0 Å². The summed E-state index contributed by atoms with van der Waals surface area (Å²) in [5.74, 6) is -8.02. The van der Waals surface area contributed by atoms with Gasteiger partial charge in [0.05, 0.1) is 0 Å². The van der Waals surface area contributed by atoms with Crippen molar-refractivity contribution in [1.82, 2.24) is 0 Å². The molecule has 0 N–H and O–H groups in total. The quantitative estimate of drug-likeness (QED) is 0.120. The summed E-state index contributed by atoms with van der Waals surface area (Å²) in [6, 6.07) is 36.2. The molecular weight excluding hydrogens is 515 g/mol. The van der Waals surface area contributed by atoms with Gasteiger partial charge in [0, 0.05) is 35.2 Å². The van der Waals surface area contributed by atoms with E-state index in [4.69, 9.17) is 0 Å². The van der Waals surface area contributed by atoms with E-state index in [9.17, 15) is 13.2 Å². The number of halogens is 5. The number of rotatable bonds is 5. The average Bonchev–Trinajstić information content (AvgIpc) is 3.36. The second-order valence-electron chi connectivity index (χ2n) is 9.28. The molecule has 5 aromatic carbocycles. The van der Waals surface area contributed by atoms with Crippen LogP contribution in [0, 0.1) is 58.7 Å². The van der Waals surface area contributed by atoms with Gasteiger partial charge in [-0.15, -0.1) is 0 Å². The predicted molar refractivity (Wildman–Crippen MR) is 144 cm³/mol. The van der Waals surface area contributed by atoms with E-state index in [-0.39, 0.29) is 5.92 Å². The van der Waals surface area contributed by atoms with Crippen molar-refractivity contribution in [3.05, 3.63) is 208 Å². The molecule has 0 saturated heterocycles. The molecule has 0 heterocycles. The van der Waals surface area contributed by atoms with Crippen LogP contribution < -0.4 is 0 Å². The second-order valence-corrected chi connectivity index (χ2v) is 9.28. The van der Waals surface area contributed by atoms with Crippen LogP contribution in [-0.4, -0.2) is 0 Å². The Bertz CT molecular complexity index is 1490. The summed E-state index contributed by atoms with van der Waals surface area (Å²) in [6.07, 6.45) is 0. The maximum atomic E-state index is 15.7. The zero-order chi connectivity index (χ0) is 27.8. The molecule has 0 spiro atoms. The minimum atomic E-state index is -2.20. The third kappa shape index (κ3) is 4.30. The lowest BCUT2D eigenvalue weighted by Gasteiger charge is -2.27. The molecular formula is C35H20F5. The molecule has 0 unspecified atom stereocenters. The molecule has 195 valence electrons. The predicted octanol–water partition coefficient (Wildman–Crippen LogP) is 8.81. The lowest BCUT2D eigenvalue weighted by molar-refractivity contribution is 0.372. The lowest BCUT2D eigenvalue weighted by atomic mass is 9.74. The zero-order valence-corrected chi connectivity index (χ0v) is 20.9. The van der Waals surface area contributed by atoms with Gasteiger partial charge in [0.2, 0.25) is 5.82 Å². The van der Waals surface area contributed by atoms with Crippen molar-refractivity contribution in [3.63, 3.8) is 0 Å². The van der Waals surface area contributed by atoms with Crippen molar-refractivity contribution in [3.8, 4) is 0 Å². The first-order chi connectivity index (χ1) is 19.5. The zero-order valence-electron chi connectivity index (χ0n) is 20.9. The molecule has 0 atom stereocenters. The number of benzene rings is 5. The molecule has 0 nitrogen and oxygen atoms in total. The Morgan fingerprint density at radius 1 is 0.250 bits per heavy atom. The van der Waals surface area contributed by atoms with E-state index in [2.05, 4.69) is 0 Å². The molecule has 0 bridgehead atoms. The van der Waals surface area contributed by atoms with Gasteiger partial charge in [0.25, 0.3) is 0 Å². The molecule has 0 aliphatic heterocycles. The van der Waals surface area contributed by atoms with Crippen LogP contribution in [-0.2, 0) is 0 Å². The minimum Gasteiger partial charge on any atom is -0.203 e. The molecule has 5 heteroatoms. The third-order valence-corrected chi connectivity index (χ3v) is 6.96. The maximum absolute atomic E-state index is 15.7. The van der Waals surface area contributed by atoms with Crippen molar-refractivity contribution in [2.75, 3.05) is 0 Å². The summed E-state index contributed by atoms with van der Waals surface area (Å²) in [7, 11) is 0. The van der Waals surface area contributed by atoms with E-state index >= 15 is 8.78 Å². The Morgan fingerprint density at radius 3 is 0.750 bits per heavy atom. The normalized spacial score (nSPS) is 15.6. The second kappa shape index (κ2) is 10.7. The van der Waals surface area contributed by atoms with Crippen LogP contribution in [0.15, 0.2) is 121 Å². The van der Waals surface area contributed by atoms with Crippen LogP contribution in [0.3, 0.4) is 0 Å². The monoisotopic (exact) mass is 535 g/mol. The fourth-order valence-corrected chi connectivity index (χ4v) is 5.27. The molecule has 0 aromatic heterocycles. The number of hydrogen-bond donors (Lipinski definition) is 0. The molecule has 0 amide bonds. The molecule has 1 aliphatic rings. The average molecular weight is 536 g/mol. The van der Waals surface area contributed by atoms with E-state index in [1.807, 2.05) is 60.7 Å². The number of hydrogen-bond acceptors (Lipinski definition) is 0. The molecule has 40 heavy (non-hydrogen) atoms. The molecule has 1 fully saturated rings. The molecule has 1 saturated carbocycles. The first-order valence-corrected chi connectivity index (χ1v) is 12.6. The molecule has 1 aliphatic carbocycles. The van der Waals surface area contributed by atoms with Crippen LogP contribution >= 0.6 is 0 Å².